The highest BCUT2D eigenvalue weighted by Crippen LogP contribution is 2.55. The fourth-order valence-corrected chi connectivity index (χ4v) is 4.40. The van der Waals surface area contributed by atoms with E-state index in [2.05, 4.69) is 9.82 Å². The van der Waals surface area contributed by atoms with E-state index in [9.17, 15) is 4.79 Å². The van der Waals surface area contributed by atoms with Crippen LogP contribution in [-0.4, -0.2) is 26.1 Å². The molecule has 0 aromatic carbocycles. The first-order chi connectivity index (χ1) is 6.08. The van der Waals surface area contributed by atoms with Gasteiger partial charge in [-0.25, -0.2) is 4.79 Å². The van der Waals surface area contributed by atoms with Crippen LogP contribution in [0.15, 0.2) is 0 Å². The molecule has 0 aromatic rings. The molecule has 13 heavy (non-hydrogen) atoms. The number of nitrogens with one attached hydrogen (secondary N) is 1. The van der Waals surface area contributed by atoms with E-state index < -0.39 is 11.7 Å². The minimum absolute atomic E-state index is 0.534. The molecule has 0 saturated carbocycles. The van der Waals surface area contributed by atoms with E-state index in [1.165, 1.54) is 25.6 Å². The van der Waals surface area contributed by atoms with Crippen LogP contribution in [0.3, 0.4) is 0 Å². The molecule has 0 bridgehead atoms. The van der Waals surface area contributed by atoms with E-state index >= 15 is 0 Å². The van der Waals surface area contributed by atoms with E-state index in [1.807, 2.05) is 6.92 Å². The van der Waals surface area contributed by atoms with E-state index in [0.717, 1.165) is 12.2 Å². The van der Waals surface area contributed by atoms with Gasteiger partial charge in [-0.1, -0.05) is 18.3 Å². The van der Waals surface area contributed by atoms with Crippen molar-refractivity contribution in [3.63, 3.8) is 0 Å². The van der Waals surface area contributed by atoms with Crippen LogP contribution in [0.1, 0.15) is 13.3 Å². The Kier molecular flexibility index (Phi) is 6.77. The maximum atomic E-state index is 10.9. The van der Waals surface area contributed by atoms with E-state index in [-0.39, 0.29) is 0 Å². The molecule has 0 aliphatic heterocycles. The molecular weight excluding hydrogens is 229 g/mol. The highest BCUT2D eigenvalue weighted by molar-refractivity contribution is 8.68. The van der Waals surface area contributed by atoms with Crippen LogP contribution in [-0.2, 0) is 21.1 Å². The standard InChI is InChI=1S/C6H14NO3PS2/c1-4-5-13-11(12,10-3)7-6(8)9-2/h4-5H2,1-3H3,(H,7,8,12). The molecule has 1 unspecified atom stereocenters. The van der Waals surface area contributed by atoms with Gasteiger partial charge in [0.1, 0.15) is 0 Å². The van der Waals surface area contributed by atoms with Gasteiger partial charge in [-0.15, -0.1) is 0 Å². The van der Waals surface area contributed by atoms with Crippen molar-refractivity contribution in [1.82, 2.24) is 5.09 Å². The average Bonchev–Trinajstić information content (AvgIpc) is 2.14. The lowest BCUT2D eigenvalue weighted by molar-refractivity contribution is 0.177. The van der Waals surface area contributed by atoms with Crippen molar-refractivity contribution in [2.45, 2.75) is 13.3 Å². The zero-order valence-electron chi connectivity index (χ0n) is 7.90. The largest absolute Gasteiger partial charge is 0.453 e. The smallest absolute Gasteiger partial charge is 0.412 e. The van der Waals surface area contributed by atoms with E-state index in [4.69, 9.17) is 16.3 Å². The summed E-state index contributed by atoms with van der Waals surface area (Å²) in [6.45, 7) is 2.04. The fourth-order valence-electron chi connectivity index (χ4n) is 0.500. The first kappa shape index (κ1) is 13.2. The summed E-state index contributed by atoms with van der Waals surface area (Å²) < 4.78 is 9.53. The second kappa shape index (κ2) is 6.65. The molecule has 0 rings (SSSR count). The Balaban J connectivity index is 4.11. The molecule has 0 saturated heterocycles. The number of hydrogen-bond donors (Lipinski definition) is 1. The lowest BCUT2D eigenvalue weighted by atomic mass is 10.6. The van der Waals surface area contributed by atoms with Crippen LogP contribution in [0.5, 0.6) is 0 Å². The molecule has 1 N–H and O–H groups in total. The monoisotopic (exact) mass is 243 g/mol. The SMILES string of the molecule is CCCSP(=S)(NC(=O)OC)OC. The third-order valence-electron chi connectivity index (χ3n) is 1.12. The molecule has 0 aromatic heterocycles. The number of carbonyl (C=O) groups is 1. The maximum absolute atomic E-state index is 10.9. The van der Waals surface area contributed by atoms with Crippen LogP contribution in [0.4, 0.5) is 4.79 Å². The van der Waals surface area contributed by atoms with Crippen LogP contribution in [0.2, 0.25) is 0 Å². The van der Waals surface area contributed by atoms with Gasteiger partial charge < -0.3 is 9.26 Å². The summed E-state index contributed by atoms with van der Waals surface area (Å²) in [5, 5.41) is 2.53. The number of hydrogen-bond acceptors (Lipinski definition) is 5. The summed E-state index contributed by atoms with van der Waals surface area (Å²) >= 11 is 6.61. The van der Waals surface area contributed by atoms with Crippen LogP contribution in [0.25, 0.3) is 0 Å². The second-order valence-corrected chi connectivity index (χ2v) is 8.92. The maximum Gasteiger partial charge on any atom is 0.412 e. The minimum Gasteiger partial charge on any atom is -0.453 e. The first-order valence-corrected chi connectivity index (χ1v) is 8.05. The number of rotatable bonds is 5. The van der Waals surface area contributed by atoms with E-state index in [1.54, 1.807) is 0 Å². The van der Waals surface area contributed by atoms with Gasteiger partial charge in [-0.3, -0.25) is 5.09 Å². The number of carbonyl (C=O) groups excluding carboxylic acids is 1. The Morgan fingerprint density at radius 2 is 2.23 bits per heavy atom. The molecule has 0 aliphatic rings. The third-order valence-corrected chi connectivity index (χ3v) is 6.95. The van der Waals surface area contributed by atoms with Crippen molar-refractivity contribution in [3.05, 3.63) is 0 Å². The molecule has 0 fully saturated rings. The summed E-state index contributed by atoms with van der Waals surface area (Å²) in [7, 11) is 2.80. The lowest BCUT2D eigenvalue weighted by Crippen LogP contribution is -2.19. The average molecular weight is 243 g/mol. The van der Waals surface area contributed by atoms with Crippen molar-refractivity contribution >= 4 is 34.9 Å². The predicted octanol–water partition coefficient (Wildman–Crippen LogP) is 2.36. The Morgan fingerprint density at radius 3 is 2.62 bits per heavy atom. The topological polar surface area (TPSA) is 47.6 Å². The Labute approximate surface area is 87.6 Å². The van der Waals surface area contributed by atoms with Gasteiger partial charge in [-0.2, -0.15) is 0 Å². The number of methoxy groups -OCH3 is 1. The van der Waals surface area contributed by atoms with Crippen molar-refractivity contribution in [2.24, 2.45) is 0 Å². The van der Waals surface area contributed by atoms with Crippen LogP contribution in [0, 0.1) is 0 Å². The first-order valence-electron chi connectivity index (χ1n) is 3.74. The molecule has 7 heteroatoms. The second-order valence-electron chi connectivity index (χ2n) is 2.12. The summed E-state index contributed by atoms with van der Waals surface area (Å²) in [6.07, 6.45) is 0.462. The van der Waals surface area contributed by atoms with Gasteiger partial charge in [0, 0.05) is 12.9 Å². The van der Waals surface area contributed by atoms with Gasteiger partial charge in [0.15, 0.2) is 0 Å². The van der Waals surface area contributed by atoms with E-state index in [0.29, 0.717) is 0 Å². The van der Waals surface area contributed by atoms with Gasteiger partial charge in [0.25, 0.3) is 0 Å². The quantitative estimate of drug-likeness (QED) is 0.751. The van der Waals surface area contributed by atoms with Crippen LogP contribution >= 0.6 is 17.0 Å². The summed E-state index contributed by atoms with van der Waals surface area (Å²) in [6, 6.07) is 0. The molecule has 0 heterocycles. The predicted molar refractivity (Wildman–Crippen MR) is 59.6 cm³/mol. The van der Waals surface area contributed by atoms with Gasteiger partial charge in [0.05, 0.1) is 7.11 Å². The van der Waals surface area contributed by atoms with Crippen molar-refractivity contribution in [2.75, 3.05) is 20.0 Å². The highest BCUT2D eigenvalue weighted by Gasteiger charge is 2.19. The molecule has 0 aliphatic carbocycles. The summed E-state index contributed by atoms with van der Waals surface area (Å²) in [5.41, 5.74) is -2.26. The zero-order valence-corrected chi connectivity index (χ0v) is 10.4. The lowest BCUT2D eigenvalue weighted by Gasteiger charge is -2.18. The molecule has 0 spiro atoms. The number of ether oxygens (including phenoxy) is 1. The van der Waals surface area contributed by atoms with Gasteiger partial charge >= 0.3 is 6.09 Å². The zero-order chi connectivity index (χ0) is 10.3. The molecule has 4 nitrogen and oxygen atoms in total. The Morgan fingerprint density at radius 1 is 1.62 bits per heavy atom. The molecule has 0 radical (unpaired) electrons. The molecule has 1 amide bonds. The normalized spacial score (nSPS) is 14.7. The minimum atomic E-state index is -2.26. The fraction of sp³-hybridized carbons (Fsp3) is 0.833. The summed E-state index contributed by atoms with van der Waals surface area (Å²) in [4.78, 5) is 10.9. The van der Waals surface area contributed by atoms with Crippen LogP contribution < -0.4 is 5.09 Å². The molecule has 1 atom stereocenters. The Hall–Kier alpha value is 0.230. The van der Waals surface area contributed by atoms with Crippen molar-refractivity contribution in [1.29, 1.82) is 0 Å². The number of amides is 1. The van der Waals surface area contributed by atoms with Gasteiger partial charge in [-0.05, 0) is 18.2 Å². The summed E-state index contributed by atoms with van der Waals surface area (Å²) in [5.74, 6) is 0.870. The van der Waals surface area contributed by atoms with Crippen molar-refractivity contribution in [3.8, 4) is 0 Å². The van der Waals surface area contributed by atoms with Gasteiger partial charge in [0.2, 0.25) is 5.62 Å². The third kappa shape index (κ3) is 5.52. The molecule has 78 valence electrons. The van der Waals surface area contributed by atoms with Crippen molar-refractivity contribution < 1.29 is 14.1 Å². The highest BCUT2D eigenvalue weighted by atomic mass is 32.9. The molecular formula is C6H14NO3PS2. The Bertz CT molecular complexity index is 212.